The molecule has 0 spiro atoms. The highest BCUT2D eigenvalue weighted by Gasteiger charge is 2.22. The van der Waals surface area contributed by atoms with Crippen molar-refractivity contribution in [2.45, 2.75) is 103 Å². The predicted molar refractivity (Wildman–Crippen MR) is 130 cm³/mol. The number of unbranched alkanes of at least 4 members (excludes halogenated alkanes) is 5. The minimum absolute atomic E-state index is 0.217. The van der Waals surface area contributed by atoms with Crippen LogP contribution in [0.4, 0.5) is 8.78 Å². The highest BCUT2D eigenvalue weighted by molar-refractivity contribution is 5.30. The van der Waals surface area contributed by atoms with Crippen molar-refractivity contribution in [2.75, 3.05) is 0 Å². The summed E-state index contributed by atoms with van der Waals surface area (Å²) in [6.07, 6.45) is 17.2. The molecule has 3 rings (SSSR count). The lowest BCUT2D eigenvalue weighted by molar-refractivity contribution is -0.0498. The molecule has 2 aromatic rings. The molecule has 32 heavy (non-hydrogen) atoms. The molecule has 1 nitrogen and oxygen atoms in total. The van der Waals surface area contributed by atoms with Crippen molar-refractivity contribution < 1.29 is 13.5 Å². The molecule has 0 unspecified atom stereocenters. The van der Waals surface area contributed by atoms with Gasteiger partial charge in [0, 0.05) is 0 Å². The van der Waals surface area contributed by atoms with Crippen LogP contribution in [0.15, 0.2) is 48.5 Å². The van der Waals surface area contributed by atoms with Gasteiger partial charge < -0.3 is 4.74 Å². The zero-order chi connectivity index (χ0) is 22.6. The van der Waals surface area contributed by atoms with Gasteiger partial charge in [0.25, 0.3) is 0 Å². The van der Waals surface area contributed by atoms with Crippen LogP contribution >= 0.6 is 0 Å². The number of aryl methyl sites for hydroxylation is 2. The second-order valence-electron chi connectivity index (χ2n) is 9.54. The van der Waals surface area contributed by atoms with Gasteiger partial charge in [0.1, 0.15) is 5.75 Å². The van der Waals surface area contributed by atoms with Crippen LogP contribution in [0.3, 0.4) is 0 Å². The number of benzene rings is 2. The van der Waals surface area contributed by atoms with Crippen molar-refractivity contribution in [3.8, 4) is 5.75 Å². The van der Waals surface area contributed by atoms with E-state index in [-0.39, 0.29) is 5.75 Å². The van der Waals surface area contributed by atoms with Gasteiger partial charge in [-0.15, -0.1) is 0 Å². The molecule has 1 fully saturated rings. The number of rotatable bonds is 13. The smallest absolute Gasteiger partial charge is 0.387 e. The maximum atomic E-state index is 12.3. The number of hydrogen-bond donors (Lipinski definition) is 0. The fourth-order valence-electron chi connectivity index (χ4n) is 5.08. The third-order valence-corrected chi connectivity index (χ3v) is 7.11. The van der Waals surface area contributed by atoms with Crippen LogP contribution in [0.2, 0.25) is 0 Å². The first-order chi connectivity index (χ1) is 15.6. The van der Waals surface area contributed by atoms with E-state index in [1.54, 1.807) is 12.1 Å². The quantitative estimate of drug-likeness (QED) is 0.281. The Balaban J connectivity index is 1.36. The van der Waals surface area contributed by atoms with E-state index < -0.39 is 6.61 Å². The van der Waals surface area contributed by atoms with E-state index in [1.165, 1.54) is 81.8 Å². The SMILES string of the molecule is CCCCCCCC[C@H]1CC[C@H](c2ccc(CCc3ccc(OC(F)F)cc3)cc2)CC1. The minimum Gasteiger partial charge on any atom is -0.435 e. The zero-order valence-corrected chi connectivity index (χ0v) is 19.7. The molecule has 1 saturated carbocycles. The van der Waals surface area contributed by atoms with Crippen LogP contribution in [0.25, 0.3) is 0 Å². The topological polar surface area (TPSA) is 9.23 Å². The molecule has 0 bridgehead atoms. The lowest BCUT2D eigenvalue weighted by Crippen LogP contribution is -2.13. The number of halogens is 2. The normalized spacial score (nSPS) is 18.8. The Bertz CT molecular complexity index is 746. The summed E-state index contributed by atoms with van der Waals surface area (Å²) in [4.78, 5) is 0. The van der Waals surface area contributed by atoms with Crippen molar-refractivity contribution in [3.63, 3.8) is 0 Å². The fourth-order valence-corrected chi connectivity index (χ4v) is 5.08. The molecule has 0 aliphatic heterocycles. The average molecular weight is 443 g/mol. The van der Waals surface area contributed by atoms with Gasteiger partial charge in [-0.3, -0.25) is 0 Å². The van der Waals surface area contributed by atoms with E-state index in [0.29, 0.717) is 0 Å². The average Bonchev–Trinajstić information content (AvgIpc) is 2.81. The lowest BCUT2D eigenvalue weighted by Gasteiger charge is -2.29. The molecular weight excluding hydrogens is 402 g/mol. The minimum atomic E-state index is -2.77. The van der Waals surface area contributed by atoms with Gasteiger partial charge in [0.2, 0.25) is 0 Å². The van der Waals surface area contributed by atoms with Crippen LogP contribution in [0.1, 0.15) is 100 Å². The van der Waals surface area contributed by atoms with Gasteiger partial charge in [-0.2, -0.15) is 8.78 Å². The Morgan fingerprint density at radius 2 is 1.31 bits per heavy atom. The molecule has 3 heteroatoms. The molecule has 0 N–H and O–H groups in total. The maximum Gasteiger partial charge on any atom is 0.387 e. The van der Waals surface area contributed by atoms with Gasteiger partial charge in [0.15, 0.2) is 0 Å². The Kier molecular flexibility index (Phi) is 10.5. The molecule has 0 aromatic heterocycles. The summed E-state index contributed by atoms with van der Waals surface area (Å²) in [5.41, 5.74) is 3.97. The third-order valence-electron chi connectivity index (χ3n) is 7.11. The Hall–Kier alpha value is -1.90. The molecule has 1 aliphatic rings. The monoisotopic (exact) mass is 442 g/mol. The zero-order valence-electron chi connectivity index (χ0n) is 19.7. The van der Waals surface area contributed by atoms with Crippen molar-refractivity contribution >= 4 is 0 Å². The Morgan fingerprint density at radius 1 is 0.750 bits per heavy atom. The fraction of sp³-hybridized carbons (Fsp3) is 0.586. The van der Waals surface area contributed by atoms with Crippen LogP contribution in [-0.2, 0) is 12.8 Å². The van der Waals surface area contributed by atoms with E-state index in [1.807, 2.05) is 12.1 Å². The summed E-state index contributed by atoms with van der Waals surface area (Å²) in [5.74, 6) is 1.90. The van der Waals surface area contributed by atoms with E-state index in [2.05, 4.69) is 35.9 Å². The molecule has 1 aliphatic carbocycles. The van der Waals surface area contributed by atoms with Crippen LogP contribution < -0.4 is 4.74 Å². The number of ether oxygens (including phenoxy) is 1. The molecular formula is C29H40F2O. The van der Waals surface area contributed by atoms with Crippen molar-refractivity contribution in [2.24, 2.45) is 5.92 Å². The summed E-state index contributed by atoms with van der Waals surface area (Å²) in [7, 11) is 0. The number of hydrogen-bond acceptors (Lipinski definition) is 1. The van der Waals surface area contributed by atoms with Gasteiger partial charge in [-0.05, 0) is 79.2 Å². The van der Waals surface area contributed by atoms with E-state index in [4.69, 9.17) is 0 Å². The largest absolute Gasteiger partial charge is 0.435 e. The molecule has 0 atom stereocenters. The van der Waals surface area contributed by atoms with Gasteiger partial charge in [-0.25, -0.2) is 0 Å². The molecule has 2 aromatic carbocycles. The van der Waals surface area contributed by atoms with E-state index >= 15 is 0 Å². The summed E-state index contributed by atoms with van der Waals surface area (Å²) in [6, 6.07) is 16.2. The highest BCUT2D eigenvalue weighted by atomic mass is 19.3. The summed E-state index contributed by atoms with van der Waals surface area (Å²) in [6.45, 7) is -0.487. The third kappa shape index (κ3) is 8.56. The van der Waals surface area contributed by atoms with Crippen molar-refractivity contribution in [3.05, 3.63) is 65.2 Å². The first kappa shape index (κ1) is 24.7. The summed E-state index contributed by atoms with van der Waals surface area (Å²) >= 11 is 0. The second kappa shape index (κ2) is 13.6. The van der Waals surface area contributed by atoms with E-state index in [9.17, 15) is 8.78 Å². The standard InChI is InChI=1S/C29H40F2O/c1-2-3-4-5-6-7-8-23-11-17-26(18-12-23)27-19-13-24(14-20-27)9-10-25-15-21-28(22-16-25)32-29(30)31/h13-16,19-23,26,29H,2-12,17-18H2,1H3/t23-,26-. The highest BCUT2D eigenvalue weighted by Crippen LogP contribution is 2.37. The summed E-state index contributed by atoms with van der Waals surface area (Å²) in [5, 5.41) is 0. The Labute approximate surface area is 193 Å². The van der Waals surface area contributed by atoms with Crippen LogP contribution in [0.5, 0.6) is 5.75 Å². The van der Waals surface area contributed by atoms with Gasteiger partial charge >= 0.3 is 6.61 Å². The molecule has 0 radical (unpaired) electrons. The van der Waals surface area contributed by atoms with Crippen LogP contribution in [0, 0.1) is 5.92 Å². The summed E-state index contributed by atoms with van der Waals surface area (Å²) < 4.78 is 28.9. The Morgan fingerprint density at radius 3 is 1.91 bits per heavy atom. The molecule has 0 amide bonds. The maximum absolute atomic E-state index is 12.3. The molecule has 0 heterocycles. The van der Waals surface area contributed by atoms with E-state index in [0.717, 1.165) is 30.2 Å². The predicted octanol–water partition coefficient (Wildman–Crippen LogP) is 9.10. The second-order valence-corrected chi connectivity index (χ2v) is 9.54. The van der Waals surface area contributed by atoms with Gasteiger partial charge in [0.05, 0.1) is 0 Å². The first-order valence-electron chi connectivity index (χ1n) is 12.8. The molecule has 176 valence electrons. The molecule has 0 saturated heterocycles. The van der Waals surface area contributed by atoms with Gasteiger partial charge in [-0.1, -0.05) is 88.3 Å². The van der Waals surface area contributed by atoms with Crippen molar-refractivity contribution in [1.29, 1.82) is 0 Å². The number of alkyl halides is 2. The van der Waals surface area contributed by atoms with Crippen molar-refractivity contribution in [1.82, 2.24) is 0 Å². The lowest BCUT2D eigenvalue weighted by atomic mass is 9.77. The van der Waals surface area contributed by atoms with Crippen LogP contribution in [-0.4, -0.2) is 6.61 Å². The first-order valence-corrected chi connectivity index (χ1v) is 12.8.